The monoisotopic (exact) mass is 359 g/mol. The standard InChI is InChI=1S/C22H21N3S/c1-3-11-23-22-24-20(15-26-22)19-14-25(13-17-7-5-4-6-8-17)21-10-9-16(2)12-18(19)21/h3-10,12,14-15H,1,11,13H2,2H3,(H,23,24). The fraction of sp³-hybridized carbons (Fsp3) is 0.136. The van der Waals surface area contributed by atoms with Crippen molar-refractivity contribution < 1.29 is 0 Å². The topological polar surface area (TPSA) is 29.9 Å². The first-order valence-electron chi connectivity index (χ1n) is 8.68. The van der Waals surface area contributed by atoms with Crippen LogP contribution in [-0.2, 0) is 6.54 Å². The molecule has 0 aliphatic rings. The van der Waals surface area contributed by atoms with Gasteiger partial charge in [0, 0.05) is 41.1 Å². The average molecular weight is 359 g/mol. The van der Waals surface area contributed by atoms with E-state index in [0.29, 0.717) is 0 Å². The van der Waals surface area contributed by atoms with Crippen LogP contribution in [0.25, 0.3) is 22.2 Å². The Hall–Kier alpha value is -2.85. The lowest BCUT2D eigenvalue weighted by molar-refractivity contribution is 0.837. The summed E-state index contributed by atoms with van der Waals surface area (Å²) in [6, 6.07) is 17.2. The van der Waals surface area contributed by atoms with Crippen molar-refractivity contribution in [3.8, 4) is 11.3 Å². The van der Waals surface area contributed by atoms with Crippen molar-refractivity contribution in [3.63, 3.8) is 0 Å². The molecule has 0 saturated carbocycles. The lowest BCUT2D eigenvalue weighted by Crippen LogP contribution is -1.97. The lowest BCUT2D eigenvalue weighted by Gasteiger charge is -2.05. The molecule has 0 radical (unpaired) electrons. The summed E-state index contributed by atoms with van der Waals surface area (Å²) in [5.41, 5.74) is 5.99. The molecule has 3 nitrogen and oxygen atoms in total. The van der Waals surface area contributed by atoms with E-state index in [-0.39, 0.29) is 0 Å². The number of fused-ring (bicyclic) bond motifs is 1. The molecule has 0 atom stereocenters. The predicted octanol–water partition coefficient (Wildman–Crippen LogP) is 5.72. The van der Waals surface area contributed by atoms with E-state index in [4.69, 9.17) is 4.98 Å². The van der Waals surface area contributed by atoms with Crippen molar-refractivity contribution in [2.24, 2.45) is 0 Å². The molecule has 4 aromatic rings. The van der Waals surface area contributed by atoms with E-state index in [2.05, 4.69) is 83.5 Å². The van der Waals surface area contributed by atoms with Crippen LogP contribution < -0.4 is 5.32 Å². The quantitative estimate of drug-likeness (QED) is 0.446. The van der Waals surface area contributed by atoms with E-state index in [1.165, 1.54) is 27.6 Å². The molecule has 1 N–H and O–H groups in total. The minimum absolute atomic E-state index is 0.724. The molecule has 26 heavy (non-hydrogen) atoms. The van der Waals surface area contributed by atoms with Gasteiger partial charge in [-0.3, -0.25) is 0 Å². The van der Waals surface area contributed by atoms with Crippen LogP contribution in [0.15, 0.2) is 72.8 Å². The molecule has 0 saturated heterocycles. The zero-order valence-electron chi connectivity index (χ0n) is 14.8. The van der Waals surface area contributed by atoms with Crippen molar-refractivity contribution in [2.75, 3.05) is 11.9 Å². The fourth-order valence-corrected chi connectivity index (χ4v) is 3.88. The van der Waals surface area contributed by atoms with Crippen LogP contribution in [0.2, 0.25) is 0 Å². The maximum Gasteiger partial charge on any atom is 0.183 e. The summed E-state index contributed by atoms with van der Waals surface area (Å²) in [5.74, 6) is 0. The first-order valence-corrected chi connectivity index (χ1v) is 9.56. The van der Waals surface area contributed by atoms with Gasteiger partial charge in [-0.2, -0.15) is 0 Å². The molecule has 2 aromatic heterocycles. The van der Waals surface area contributed by atoms with Crippen LogP contribution in [0.3, 0.4) is 0 Å². The van der Waals surface area contributed by atoms with Crippen molar-refractivity contribution in [1.29, 1.82) is 0 Å². The Morgan fingerprint density at radius 1 is 1.19 bits per heavy atom. The van der Waals surface area contributed by atoms with Crippen LogP contribution in [0, 0.1) is 6.92 Å². The highest BCUT2D eigenvalue weighted by atomic mass is 32.1. The second kappa shape index (κ2) is 7.18. The number of aryl methyl sites for hydroxylation is 1. The van der Waals surface area contributed by atoms with E-state index < -0.39 is 0 Å². The third-order valence-electron chi connectivity index (χ3n) is 4.41. The Morgan fingerprint density at radius 3 is 2.85 bits per heavy atom. The Kier molecular flexibility index (Phi) is 4.59. The minimum atomic E-state index is 0.724. The summed E-state index contributed by atoms with van der Waals surface area (Å²) in [4.78, 5) is 4.76. The van der Waals surface area contributed by atoms with Crippen molar-refractivity contribution in [1.82, 2.24) is 9.55 Å². The number of nitrogens with one attached hydrogen (secondary N) is 1. The molecule has 4 rings (SSSR count). The van der Waals surface area contributed by atoms with E-state index in [0.717, 1.165) is 23.9 Å². The van der Waals surface area contributed by atoms with Gasteiger partial charge >= 0.3 is 0 Å². The molecule has 0 amide bonds. The Morgan fingerprint density at radius 2 is 2.04 bits per heavy atom. The smallest absolute Gasteiger partial charge is 0.183 e. The van der Waals surface area contributed by atoms with E-state index >= 15 is 0 Å². The van der Waals surface area contributed by atoms with Crippen LogP contribution in [-0.4, -0.2) is 16.1 Å². The van der Waals surface area contributed by atoms with E-state index in [9.17, 15) is 0 Å². The molecule has 0 spiro atoms. The highest BCUT2D eigenvalue weighted by Crippen LogP contribution is 2.33. The maximum atomic E-state index is 4.76. The molecule has 0 bridgehead atoms. The molecular weight excluding hydrogens is 338 g/mol. The molecule has 2 heterocycles. The summed E-state index contributed by atoms with van der Waals surface area (Å²) >= 11 is 1.63. The molecule has 0 aliphatic heterocycles. The molecular formula is C22H21N3S. The molecule has 0 aliphatic carbocycles. The summed E-state index contributed by atoms with van der Waals surface area (Å²) in [6.07, 6.45) is 4.07. The third kappa shape index (κ3) is 3.28. The SMILES string of the molecule is C=CCNc1nc(-c2cn(Cc3ccccc3)c3ccc(C)cc23)cs1. The summed E-state index contributed by atoms with van der Waals surface area (Å²) in [7, 11) is 0. The van der Waals surface area contributed by atoms with Crippen LogP contribution in [0.1, 0.15) is 11.1 Å². The first kappa shape index (κ1) is 16.6. The van der Waals surface area contributed by atoms with Gasteiger partial charge in [-0.25, -0.2) is 4.98 Å². The highest BCUT2D eigenvalue weighted by molar-refractivity contribution is 7.14. The average Bonchev–Trinajstić information content (AvgIpc) is 3.25. The van der Waals surface area contributed by atoms with Gasteiger partial charge in [0.05, 0.1) is 5.69 Å². The van der Waals surface area contributed by atoms with E-state index in [1.54, 1.807) is 11.3 Å². The summed E-state index contributed by atoms with van der Waals surface area (Å²) in [5, 5.41) is 7.57. The van der Waals surface area contributed by atoms with Gasteiger partial charge in [-0.05, 0) is 24.6 Å². The number of benzene rings is 2. The van der Waals surface area contributed by atoms with Crippen molar-refractivity contribution in [3.05, 3.63) is 83.9 Å². The van der Waals surface area contributed by atoms with Gasteiger partial charge in [-0.15, -0.1) is 17.9 Å². The van der Waals surface area contributed by atoms with Gasteiger partial charge in [0.25, 0.3) is 0 Å². The fourth-order valence-electron chi connectivity index (χ4n) is 3.16. The van der Waals surface area contributed by atoms with Crippen LogP contribution >= 0.6 is 11.3 Å². The number of thiazole rings is 1. The minimum Gasteiger partial charge on any atom is -0.358 e. The molecule has 4 heteroatoms. The zero-order chi connectivity index (χ0) is 17.9. The van der Waals surface area contributed by atoms with Crippen LogP contribution in [0.5, 0.6) is 0 Å². The number of aromatic nitrogens is 2. The van der Waals surface area contributed by atoms with Gasteiger partial charge in [-0.1, -0.05) is 48.0 Å². The predicted molar refractivity (Wildman–Crippen MR) is 112 cm³/mol. The molecule has 130 valence electrons. The Labute approximate surface area is 157 Å². The second-order valence-electron chi connectivity index (χ2n) is 6.38. The Balaban J connectivity index is 1.78. The largest absolute Gasteiger partial charge is 0.358 e. The van der Waals surface area contributed by atoms with Crippen molar-refractivity contribution >= 4 is 27.4 Å². The van der Waals surface area contributed by atoms with Gasteiger partial charge in [0.2, 0.25) is 0 Å². The van der Waals surface area contributed by atoms with Gasteiger partial charge < -0.3 is 9.88 Å². The molecule has 2 aromatic carbocycles. The first-order chi connectivity index (χ1) is 12.7. The normalized spacial score (nSPS) is 11.0. The summed E-state index contributed by atoms with van der Waals surface area (Å²) in [6.45, 7) is 7.46. The molecule has 0 fully saturated rings. The van der Waals surface area contributed by atoms with Crippen molar-refractivity contribution in [2.45, 2.75) is 13.5 Å². The highest BCUT2D eigenvalue weighted by Gasteiger charge is 2.13. The number of hydrogen-bond acceptors (Lipinski definition) is 3. The second-order valence-corrected chi connectivity index (χ2v) is 7.24. The van der Waals surface area contributed by atoms with E-state index in [1.807, 2.05) is 6.08 Å². The molecule has 0 unspecified atom stereocenters. The Bertz CT molecular complexity index is 1040. The number of nitrogens with zero attached hydrogens (tertiary/aromatic N) is 2. The zero-order valence-corrected chi connectivity index (χ0v) is 15.6. The third-order valence-corrected chi connectivity index (χ3v) is 5.21. The van der Waals surface area contributed by atoms with Gasteiger partial charge in [0.15, 0.2) is 5.13 Å². The lowest BCUT2D eigenvalue weighted by atomic mass is 10.1. The van der Waals surface area contributed by atoms with Gasteiger partial charge in [0.1, 0.15) is 0 Å². The summed E-state index contributed by atoms with van der Waals surface area (Å²) < 4.78 is 2.32. The van der Waals surface area contributed by atoms with Crippen LogP contribution in [0.4, 0.5) is 5.13 Å². The number of anilines is 1. The number of hydrogen-bond donors (Lipinski definition) is 1. The number of rotatable bonds is 6. The maximum absolute atomic E-state index is 4.76.